The molecule has 0 aliphatic carbocycles. The molecule has 26 heavy (non-hydrogen) atoms. The lowest BCUT2D eigenvalue weighted by molar-refractivity contribution is -0.137. The van der Waals surface area contributed by atoms with Crippen molar-refractivity contribution in [3.05, 3.63) is 59.9 Å². The first-order chi connectivity index (χ1) is 12.3. The number of nitrogens with zero attached hydrogens (tertiary/aromatic N) is 4. The number of nitrogens with two attached hydrogens (primary N) is 1. The van der Waals surface area contributed by atoms with E-state index in [2.05, 4.69) is 20.4 Å². The van der Waals surface area contributed by atoms with Crippen molar-refractivity contribution in [2.75, 3.05) is 11.1 Å². The summed E-state index contributed by atoms with van der Waals surface area (Å²) in [7, 11) is 0. The van der Waals surface area contributed by atoms with Crippen LogP contribution in [0.15, 0.2) is 48.8 Å². The highest BCUT2D eigenvalue weighted by Crippen LogP contribution is 2.29. The van der Waals surface area contributed by atoms with Crippen molar-refractivity contribution in [3.8, 4) is 5.82 Å². The summed E-state index contributed by atoms with van der Waals surface area (Å²) in [6.07, 6.45) is -0.446. The van der Waals surface area contributed by atoms with E-state index in [0.717, 1.165) is 17.7 Å². The predicted molar refractivity (Wildman–Crippen MR) is 91.8 cm³/mol. The van der Waals surface area contributed by atoms with E-state index in [1.165, 1.54) is 12.1 Å². The van der Waals surface area contributed by atoms with Crippen molar-refractivity contribution in [2.24, 2.45) is 0 Å². The lowest BCUT2D eigenvalue weighted by atomic mass is 10.0. The Hall–Kier alpha value is -3.10. The lowest BCUT2D eigenvalue weighted by Crippen LogP contribution is -2.20. The number of nitrogens with one attached hydrogen (secondary N) is 1. The fraction of sp³-hybridized carbons (Fsp3) is 0.235. The Labute approximate surface area is 147 Å². The zero-order valence-electron chi connectivity index (χ0n) is 13.9. The Morgan fingerprint density at radius 2 is 1.92 bits per heavy atom. The van der Waals surface area contributed by atoms with E-state index in [4.69, 9.17) is 5.73 Å². The predicted octanol–water partition coefficient (Wildman–Crippen LogP) is 3.31. The molecule has 0 saturated carbocycles. The summed E-state index contributed by atoms with van der Waals surface area (Å²) < 4.78 is 39.4. The number of rotatable bonds is 5. The van der Waals surface area contributed by atoms with Gasteiger partial charge < -0.3 is 11.1 Å². The highest BCUT2D eigenvalue weighted by molar-refractivity contribution is 5.46. The van der Waals surface area contributed by atoms with Crippen LogP contribution in [0.3, 0.4) is 0 Å². The van der Waals surface area contributed by atoms with Crippen molar-refractivity contribution >= 4 is 11.8 Å². The highest BCUT2D eigenvalue weighted by Gasteiger charge is 2.29. The van der Waals surface area contributed by atoms with E-state index in [1.54, 1.807) is 29.2 Å². The average molecular weight is 362 g/mol. The van der Waals surface area contributed by atoms with Gasteiger partial charge in [0, 0.05) is 24.5 Å². The van der Waals surface area contributed by atoms with Gasteiger partial charge in [0.1, 0.15) is 5.82 Å². The lowest BCUT2D eigenvalue weighted by Gasteiger charge is -2.16. The third-order valence-corrected chi connectivity index (χ3v) is 3.69. The second kappa shape index (κ2) is 7.03. The summed E-state index contributed by atoms with van der Waals surface area (Å²) in [5.41, 5.74) is 5.87. The first-order valence-corrected chi connectivity index (χ1v) is 7.88. The second-order valence-electron chi connectivity index (χ2n) is 5.86. The number of anilines is 2. The number of benzene rings is 1. The van der Waals surface area contributed by atoms with Gasteiger partial charge in [-0.1, -0.05) is 12.1 Å². The molecule has 1 unspecified atom stereocenters. The molecule has 0 bridgehead atoms. The molecule has 6 nitrogen and oxygen atoms in total. The Bertz CT molecular complexity index is 859. The molecule has 9 heteroatoms. The molecule has 1 aromatic carbocycles. The van der Waals surface area contributed by atoms with Crippen molar-refractivity contribution in [1.29, 1.82) is 0 Å². The van der Waals surface area contributed by atoms with Crippen molar-refractivity contribution in [1.82, 2.24) is 19.7 Å². The molecule has 136 valence electrons. The largest absolute Gasteiger partial charge is 0.416 e. The Kier molecular flexibility index (Phi) is 4.79. The van der Waals surface area contributed by atoms with Crippen LogP contribution in [0, 0.1) is 0 Å². The Balaban J connectivity index is 1.69. The summed E-state index contributed by atoms with van der Waals surface area (Å²) in [5.74, 6) is 1.14. The fourth-order valence-electron chi connectivity index (χ4n) is 2.54. The van der Waals surface area contributed by atoms with Crippen LogP contribution in [0.4, 0.5) is 24.9 Å². The number of hydrogen-bond donors (Lipinski definition) is 2. The van der Waals surface area contributed by atoms with Gasteiger partial charge in [-0.05, 0) is 37.1 Å². The van der Waals surface area contributed by atoms with Crippen LogP contribution in [-0.2, 0) is 12.6 Å². The molecular weight excluding hydrogens is 345 g/mol. The summed E-state index contributed by atoms with van der Waals surface area (Å²) in [5, 5.41) is 7.28. The van der Waals surface area contributed by atoms with Gasteiger partial charge in [-0.3, -0.25) is 0 Å². The molecule has 2 aromatic heterocycles. The SMILES string of the molecule is CC(Cc1ccc(C(F)(F)F)cc1)Nc1cc(-n2cccn2)nc(N)n1. The summed E-state index contributed by atoms with van der Waals surface area (Å²) in [4.78, 5) is 8.26. The fourth-order valence-corrected chi connectivity index (χ4v) is 2.54. The van der Waals surface area contributed by atoms with Gasteiger partial charge in [0.15, 0.2) is 5.82 Å². The van der Waals surface area contributed by atoms with Crippen LogP contribution in [0.1, 0.15) is 18.1 Å². The highest BCUT2D eigenvalue weighted by atomic mass is 19.4. The van der Waals surface area contributed by atoms with E-state index in [0.29, 0.717) is 18.1 Å². The number of hydrogen-bond acceptors (Lipinski definition) is 5. The number of alkyl halides is 3. The number of halogens is 3. The smallest absolute Gasteiger partial charge is 0.368 e. The minimum absolute atomic E-state index is 0.0773. The van der Waals surface area contributed by atoms with Gasteiger partial charge in [0.2, 0.25) is 5.95 Å². The molecule has 0 fully saturated rings. The van der Waals surface area contributed by atoms with E-state index in [-0.39, 0.29) is 12.0 Å². The van der Waals surface area contributed by atoms with Crippen molar-refractivity contribution in [3.63, 3.8) is 0 Å². The normalized spacial score (nSPS) is 12.8. The van der Waals surface area contributed by atoms with Gasteiger partial charge >= 0.3 is 6.18 Å². The van der Waals surface area contributed by atoms with E-state index in [1.807, 2.05) is 6.92 Å². The van der Waals surface area contributed by atoms with Gasteiger partial charge in [-0.15, -0.1) is 0 Å². The zero-order valence-corrected chi connectivity index (χ0v) is 13.9. The average Bonchev–Trinajstić information content (AvgIpc) is 3.08. The molecule has 0 radical (unpaired) electrons. The molecule has 0 aliphatic rings. The van der Waals surface area contributed by atoms with Crippen molar-refractivity contribution < 1.29 is 13.2 Å². The van der Waals surface area contributed by atoms with Crippen LogP contribution in [-0.4, -0.2) is 25.8 Å². The standard InChI is InChI=1S/C17H17F3N6/c1-11(9-12-3-5-13(6-4-12)17(18,19)20)23-14-10-15(25-16(21)24-14)26-8-2-7-22-26/h2-8,10-11H,9H2,1H3,(H3,21,23,24,25). The minimum atomic E-state index is -4.33. The van der Waals surface area contributed by atoms with E-state index < -0.39 is 11.7 Å². The van der Waals surface area contributed by atoms with Crippen LogP contribution < -0.4 is 11.1 Å². The molecule has 2 heterocycles. The zero-order chi connectivity index (χ0) is 18.7. The maximum atomic E-state index is 12.6. The van der Waals surface area contributed by atoms with Crippen molar-refractivity contribution in [2.45, 2.75) is 25.6 Å². The second-order valence-corrected chi connectivity index (χ2v) is 5.86. The minimum Gasteiger partial charge on any atom is -0.368 e. The first kappa shape index (κ1) is 17.7. The number of nitrogen functional groups attached to an aromatic ring is 1. The summed E-state index contributed by atoms with van der Waals surface area (Å²) in [6, 6.07) is 8.51. The molecule has 0 saturated heterocycles. The first-order valence-electron chi connectivity index (χ1n) is 7.88. The molecule has 1 atom stereocenters. The van der Waals surface area contributed by atoms with Gasteiger partial charge in [0.05, 0.1) is 5.56 Å². The summed E-state index contributed by atoms with van der Waals surface area (Å²) >= 11 is 0. The third-order valence-electron chi connectivity index (χ3n) is 3.69. The quantitative estimate of drug-likeness (QED) is 0.728. The molecule has 0 spiro atoms. The Morgan fingerprint density at radius 3 is 2.54 bits per heavy atom. The van der Waals surface area contributed by atoms with E-state index >= 15 is 0 Å². The molecular formula is C17H17F3N6. The molecule has 3 aromatic rings. The van der Waals surface area contributed by atoms with Crippen LogP contribution in [0.5, 0.6) is 0 Å². The molecule has 0 aliphatic heterocycles. The molecule has 3 N–H and O–H groups in total. The molecule has 3 rings (SSSR count). The van der Waals surface area contributed by atoms with Gasteiger partial charge in [-0.2, -0.15) is 28.2 Å². The van der Waals surface area contributed by atoms with Crippen LogP contribution in [0.25, 0.3) is 5.82 Å². The van der Waals surface area contributed by atoms with Crippen LogP contribution in [0.2, 0.25) is 0 Å². The maximum Gasteiger partial charge on any atom is 0.416 e. The van der Waals surface area contributed by atoms with Gasteiger partial charge in [-0.25, -0.2) is 4.68 Å². The van der Waals surface area contributed by atoms with Gasteiger partial charge in [0.25, 0.3) is 0 Å². The molecule has 0 amide bonds. The topological polar surface area (TPSA) is 81.7 Å². The van der Waals surface area contributed by atoms with E-state index in [9.17, 15) is 13.2 Å². The van der Waals surface area contributed by atoms with Crippen LogP contribution >= 0.6 is 0 Å². The summed E-state index contributed by atoms with van der Waals surface area (Å²) in [6.45, 7) is 1.91. The monoisotopic (exact) mass is 362 g/mol. The number of aromatic nitrogens is 4. The Morgan fingerprint density at radius 1 is 1.19 bits per heavy atom. The third kappa shape index (κ3) is 4.29. The maximum absolute atomic E-state index is 12.6.